The van der Waals surface area contributed by atoms with E-state index in [0.717, 1.165) is 19.3 Å². The zero-order valence-electron chi connectivity index (χ0n) is 13.8. The lowest BCUT2D eigenvalue weighted by molar-refractivity contribution is 0.166. The summed E-state index contributed by atoms with van der Waals surface area (Å²) in [6.45, 7) is 0. The summed E-state index contributed by atoms with van der Waals surface area (Å²) in [6.07, 6.45) is 6.96. The first kappa shape index (κ1) is 15.0. The minimum Gasteiger partial charge on any atom is -0.453 e. The molecule has 4 rings (SSSR count). The lowest BCUT2D eigenvalue weighted by atomic mass is 9.71. The zero-order chi connectivity index (χ0) is 16.6. The molecular formula is C21H21NO2. The molecule has 0 saturated heterocycles. The molecule has 0 radical (unpaired) electrons. The molecule has 1 unspecified atom stereocenters. The molecule has 0 bridgehead atoms. The van der Waals surface area contributed by atoms with Crippen molar-refractivity contribution in [2.75, 3.05) is 7.11 Å². The topological polar surface area (TPSA) is 38.3 Å². The van der Waals surface area contributed by atoms with Crippen molar-refractivity contribution >= 4 is 18.2 Å². The maximum Gasteiger partial charge on any atom is 0.407 e. The van der Waals surface area contributed by atoms with Crippen LogP contribution in [-0.2, 0) is 10.2 Å². The van der Waals surface area contributed by atoms with Gasteiger partial charge in [0.05, 0.1) is 7.11 Å². The number of ether oxygens (including phenoxy) is 1. The Balaban J connectivity index is 1.82. The van der Waals surface area contributed by atoms with E-state index in [1.165, 1.54) is 29.4 Å². The van der Waals surface area contributed by atoms with Crippen molar-refractivity contribution in [1.29, 1.82) is 0 Å². The maximum absolute atomic E-state index is 11.7. The molecule has 24 heavy (non-hydrogen) atoms. The predicted octanol–water partition coefficient (Wildman–Crippen LogP) is 4.37. The Hall–Kier alpha value is -2.55. The summed E-state index contributed by atoms with van der Waals surface area (Å²) in [7, 11) is 1.42. The van der Waals surface area contributed by atoms with Gasteiger partial charge in [-0.25, -0.2) is 4.79 Å². The van der Waals surface area contributed by atoms with Crippen LogP contribution in [0.5, 0.6) is 0 Å². The molecule has 3 nitrogen and oxygen atoms in total. The Labute approximate surface area is 142 Å². The first-order valence-electron chi connectivity index (χ1n) is 8.44. The van der Waals surface area contributed by atoms with E-state index in [1.807, 2.05) is 0 Å². The number of fused-ring (bicyclic) bond motifs is 4. The predicted molar refractivity (Wildman–Crippen MR) is 95.8 cm³/mol. The van der Waals surface area contributed by atoms with Gasteiger partial charge >= 0.3 is 6.09 Å². The second-order valence-electron chi connectivity index (χ2n) is 6.67. The molecule has 1 atom stereocenters. The smallest absolute Gasteiger partial charge is 0.407 e. The van der Waals surface area contributed by atoms with Crippen LogP contribution in [0.2, 0.25) is 0 Å². The van der Waals surface area contributed by atoms with Crippen molar-refractivity contribution in [3.05, 3.63) is 70.8 Å². The van der Waals surface area contributed by atoms with Gasteiger partial charge in [-0.1, -0.05) is 60.7 Å². The molecule has 2 aromatic carbocycles. The molecule has 1 N–H and O–H groups in total. The quantitative estimate of drug-likeness (QED) is 0.848. The lowest BCUT2D eigenvalue weighted by Gasteiger charge is -2.32. The summed E-state index contributed by atoms with van der Waals surface area (Å²) >= 11 is 0. The summed E-state index contributed by atoms with van der Waals surface area (Å²) in [5.41, 5.74) is 5.21. The molecule has 0 aromatic heterocycles. The number of rotatable bonds is 1. The number of hydrogen-bond donors (Lipinski definition) is 1. The standard InChI is InChI=1S/C21H21NO2/c1-24-20(23)22-17-12-13-21(14-17)18-8-4-2-6-15(18)10-11-16-7-3-5-9-19(16)21/h2-11,17H,12-14H2,1H3,(H,22,23). The second kappa shape index (κ2) is 5.82. The highest BCUT2D eigenvalue weighted by molar-refractivity contribution is 5.78. The number of carbonyl (C=O) groups is 1. The number of amides is 1. The number of benzene rings is 2. The summed E-state index contributed by atoms with van der Waals surface area (Å²) in [4.78, 5) is 11.7. The Kier molecular flexibility index (Phi) is 3.64. The number of methoxy groups -OCH3 is 1. The van der Waals surface area contributed by atoms with Crippen molar-refractivity contribution < 1.29 is 9.53 Å². The van der Waals surface area contributed by atoms with E-state index in [9.17, 15) is 4.79 Å². The van der Waals surface area contributed by atoms with Crippen LogP contribution in [0.1, 0.15) is 41.5 Å². The third kappa shape index (κ3) is 2.32. The highest BCUT2D eigenvalue weighted by Crippen LogP contribution is 2.50. The molecule has 2 aliphatic carbocycles. The van der Waals surface area contributed by atoms with Gasteiger partial charge in [0.25, 0.3) is 0 Å². The minimum absolute atomic E-state index is 0.0532. The average Bonchev–Trinajstić information content (AvgIpc) is 2.99. The third-order valence-electron chi connectivity index (χ3n) is 5.42. The van der Waals surface area contributed by atoms with Crippen molar-refractivity contribution in [2.24, 2.45) is 0 Å². The van der Waals surface area contributed by atoms with E-state index in [4.69, 9.17) is 4.74 Å². The van der Waals surface area contributed by atoms with Gasteiger partial charge in [-0.3, -0.25) is 0 Å². The van der Waals surface area contributed by atoms with Gasteiger partial charge in [0.15, 0.2) is 0 Å². The van der Waals surface area contributed by atoms with Crippen LogP contribution in [-0.4, -0.2) is 19.2 Å². The normalized spacial score (nSPS) is 20.1. The highest BCUT2D eigenvalue weighted by Gasteiger charge is 2.44. The van der Waals surface area contributed by atoms with Crippen molar-refractivity contribution in [3.8, 4) is 0 Å². The number of hydrogen-bond acceptors (Lipinski definition) is 2. The minimum atomic E-state index is -0.342. The molecule has 0 heterocycles. The fraction of sp³-hybridized carbons (Fsp3) is 0.286. The molecular weight excluding hydrogens is 298 g/mol. The third-order valence-corrected chi connectivity index (χ3v) is 5.42. The lowest BCUT2D eigenvalue weighted by Crippen LogP contribution is -2.35. The van der Waals surface area contributed by atoms with E-state index in [0.29, 0.717) is 0 Å². The number of nitrogens with one attached hydrogen (secondary N) is 1. The summed E-state index contributed by atoms with van der Waals surface area (Å²) in [5, 5.41) is 3.00. The van der Waals surface area contributed by atoms with Gasteiger partial charge in [0, 0.05) is 11.5 Å². The van der Waals surface area contributed by atoms with E-state index in [1.54, 1.807) is 0 Å². The fourth-order valence-electron chi connectivity index (χ4n) is 4.36. The first-order valence-corrected chi connectivity index (χ1v) is 8.44. The Morgan fingerprint density at radius 1 is 1.04 bits per heavy atom. The monoisotopic (exact) mass is 319 g/mol. The first-order chi connectivity index (χ1) is 11.7. The van der Waals surface area contributed by atoms with Crippen LogP contribution in [0.4, 0.5) is 4.79 Å². The van der Waals surface area contributed by atoms with Crippen molar-refractivity contribution in [3.63, 3.8) is 0 Å². The van der Waals surface area contributed by atoms with Crippen LogP contribution in [0, 0.1) is 0 Å². The molecule has 122 valence electrons. The van der Waals surface area contributed by atoms with Crippen molar-refractivity contribution in [2.45, 2.75) is 30.7 Å². The summed E-state index contributed by atoms with van der Waals surface area (Å²) in [6, 6.07) is 17.4. The van der Waals surface area contributed by atoms with Gasteiger partial charge in [-0.2, -0.15) is 0 Å². The van der Waals surface area contributed by atoms with Gasteiger partial charge in [0.2, 0.25) is 0 Å². The molecule has 1 spiro atoms. The maximum atomic E-state index is 11.7. The van der Waals surface area contributed by atoms with E-state index >= 15 is 0 Å². The van der Waals surface area contributed by atoms with Gasteiger partial charge in [-0.05, 0) is 41.5 Å². The summed E-state index contributed by atoms with van der Waals surface area (Å²) < 4.78 is 4.79. The van der Waals surface area contributed by atoms with E-state index in [-0.39, 0.29) is 17.6 Å². The average molecular weight is 319 g/mol. The molecule has 0 aliphatic heterocycles. The molecule has 3 heteroatoms. The molecule has 1 fully saturated rings. The Bertz CT molecular complexity index is 759. The highest BCUT2D eigenvalue weighted by atomic mass is 16.5. The Morgan fingerprint density at radius 3 is 2.21 bits per heavy atom. The van der Waals surface area contributed by atoms with Gasteiger partial charge in [-0.15, -0.1) is 0 Å². The number of carbonyl (C=O) groups excluding carboxylic acids is 1. The van der Waals surface area contributed by atoms with Crippen LogP contribution < -0.4 is 5.32 Å². The summed E-state index contributed by atoms with van der Waals surface area (Å²) in [5.74, 6) is 0. The van der Waals surface area contributed by atoms with E-state index in [2.05, 4.69) is 66.0 Å². The van der Waals surface area contributed by atoms with Crippen LogP contribution in [0.3, 0.4) is 0 Å². The molecule has 2 aromatic rings. The number of alkyl carbamates (subject to hydrolysis) is 1. The van der Waals surface area contributed by atoms with Gasteiger partial charge in [0.1, 0.15) is 0 Å². The SMILES string of the molecule is COC(=O)NC1CCC2(C1)c1ccccc1C=Cc1ccccc12. The van der Waals surface area contributed by atoms with E-state index < -0.39 is 0 Å². The van der Waals surface area contributed by atoms with Crippen LogP contribution >= 0.6 is 0 Å². The van der Waals surface area contributed by atoms with Crippen LogP contribution in [0.25, 0.3) is 12.2 Å². The Morgan fingerprint density at radius 2 is 1.62 bits per heavy atom. The van der Waals surface area contributed by atoms with Gasteiger partial charge < -0.3 is 10.1 Å². The fourth-order valence-corrected chi connectivity index (χ4v) is 4.36. The second-order valence-corrected chi connectivity index (χ2v) is 6.67. The molecule has 1 saturated carbocycles. The van der Waals surface area contributed by atoms with Crippen molar-refractivity contribution in [1.82, 2.24) is 5.32 Å². The van der Waals surface area contributed by atoms with Crippen LogP contribution in [0.15, 0.2) is 48.5 Å². The molecule has 1 amide bonds. The largest absolute Gasteiger partial charge is 0.453 e. The zero-order valence-corrected chi connectivity index (χ0v) is 13.8. The molecule has 2 aliphatic rings.